The van der Waals surface area contributed by atoms with Crippen molar-refractivity contribution in [3.05, 3.63) is 59.2 Å². The highest BCUT2D eigenvalue weighted by atomic mass is 16.3. The summed E-state index contributed by atoms with van der Waals surface area (Å²) in [4.78, 5) is 0. The number of fused-ring (bicyclic) bond motifs is 3. The molecule has 1 aliphatic carbocycles. The molecule has 3 rings (SSSR count). The van der Waals surface area contributed by atoms with E-state index in [-0.39, 0.29) is 6.61 Å². The molecule has 2 nitrogen and oxygen atoms in total. The first kappa shape index (κ1) is 9.58. The molecule has 0 aromatic heterocycles. The molecule has 0 heterocycles. The SMILES string of the molecule is OCc1cccc2c1[C@@H](O)c1ccccc1-2. The molecule has 2 heteroatoms. The molecule has 0 saturated heterocycles. The quantitative estimate of drug-likeness (QED) is 0.761. The van der Waals surface area contributed by atoms with Crippen LogP contribution in [-0.4, -0.2) is 10.2 Å². The van der Waals surface area contributed by atoms with E-state index in [0.29, 0.717) is 0 Å². The van der Waals surface area contributed by atoms with Crippen molar-refractivity contribution in [3.8, 4) is 11.1 Å². The lowest BCUT2D eigenvalue weighted by molar-refractivity contribution is 0.218. The third kappa shape index (κ3) is 1.14. The van der Waals surface area contributed by atoms with Crippen molar-refractivity contribution in [2.24, 2.45) is 0 Å². The van der Waals surface area contributed by atoms with Crippen LogP contribution in [0.25, 0.3) is 11.1 Å². The maximum Gasteiger partial charge on any atom is 0.106 e. The van der Waals surface area contributed by atoms with E-state index in [0.717, 1.165) is 27.8 Å². The lowest BCUT2D eigenvalue weighted by Crippen LogP contribution is -1.99. The van der Waals surface area contributed by atoms with Gasteiger partial charge in [0.15, 0.2) is 0 Å². The second-order valence-corrected chi connectivity index (χ2v) is 4.03. The van der Waals surface area contributed by atoms with Gasteiger partial charge in [0, 0.05) is 0 Å². The van der Waals surface area contributed by atoms with Gasteiger partial charge in [-0.3, -0.25) is 0 Å². The summed E-state index contributed by atoms with van der Waals surface area (Å²) in [5.41, 5.74) is 4.70. The standard InChI is InChI=1S/C14H12O2/c15-8-9-4-3-7-11-10-5-1-2-6-12(10)14(16)13(9)11/h1-7,14-16H,8H2/t14-/m0/s1. The monoisotopic (exact) mass is 212 g/mol. The summed E-state index contributed by atoms with van der Waals surface area (Å²) in [6, 6.07) is 13.6. The third-order valence-electron chi connectivity index (χ3n) is 3.19. The largest absolute Gasteiger partial charge is 0.392 e. The van der Waals surface area contributed by atoms with Crippen LogP contribution >= 0.6 is 0 Å². The zero-order valence-electron chi connectivity index (χ0n) is 8.72. The molecule has 0 amide bonds. The number of aliphatic hydroxyl groups is 2. The van der Waals surface area contributed by atoms with Crippen molar-refractivity contribution in [1.82, 2.24) is 0 Å². The van der Waals surface area contributed by atoms with E-state index in [1.165, 1.54) is 0 Å². The van der Waals surface area contributed by atoms with Gasteiger partial charge in [0.2, 0.25) is 0 Å². The Balaban J connectivity index is 2.32. The fourth-order valence-corrected chi connectivity index (χ4v) is 2.44. The van der Waals surface area contributed by atoms with Gasteiger partial charge in [0.25, 0.3) is 0 Å². The lowest BCUT2D eigenvalue weighted by atomic mass is 10.0. The number of benzene rings is 2. The van der Waals surface area contributed by atoms with Crippen LogP contribution in [-0.2, 0) is 6.61 Å². The van der Waals surface area contributed by atoms with E-state index in [4.69, 9.17) is 0 Å². The summed E-state index contributed by atoms with van der Waals surface area (Å²) < 4.78 is 0. The van der Waals surface area contributed by atoms with E-state index >= 15 is 0 Å². The second-order valence-electron chi connectivity index (χ2n) is 4.03. The summed E-state index contributed by atoms with van der Waals surface area (Å²) in [5.74, 6) is 0. The molecule has 1 aliphatic rings. The molecule has 80 valence electrons. The highest BCUT2D eigenvalue weighted by Gasteiger charge is 2.28. The molecule has 2 aromatic rings. The molecule has 0 bridgehead atoms. The summed E-state index contributed by atoms with van der Waals surface area (Å²) >= 11 is 0. The molecule has 0 unspecified atom stereocenters. The first-order valence-electron chi connectivity index (χ1n) is 5.33. The molecule has 2 aromatic carbocycles. The van der Waals surface area contributed by atoms with Crippen LogP contribution in [0.1, 0.15) is 22.8 Å². The Kier molecular flexibility index (Phi) is 2.06. The van der Waals surface area contributed by atoms with Crippen molar-refractivity contribution in [3.63, 3.8) is 0 Å². The maximum atomic E-state index is 10.2. The second kappa shape index (κ2) is 3.44. The van der Waals surface area contributed by atoms with Crippen LogP contribution in [0, 0.1) is 0 Å². The Morgan fingerprint density at radius 1 is 0.938 bits per heavy atom. The Hall–Kier alpha value is -1.64. The maximum absolute atomic E-state index is 10.2. The predicted octanol–water partition coefficient (Wildman–Crippen LogP) is 2.24. The molecule has 1 atom stereocenters. The Labute approximate surface area is 93.8 Å². The van der Waals surface area contributed by atoms with Gasteiger partial charge < -0.3 is 10.2 Å². The van der Waals surface area contributed by atoms with Gasteiger partial charge in [-0.15, -0.1) is 0 Å². The third-order valence-corrected chi connectivity index (χ3v) is 3.19. The zero-order valence-corrected chi connectivity index (χ0v) is 8.72. The summed E-state index contributed by atoms with van der Waals surface area (Å²) in [6.45, 7) is -0.0335. The van der Waals surface area contributed by atoms with Gasteiger partial charge in [-0.2, -0.15) is 0 Å². The molecule has 16 heavy (non-hydrogen) atoms. The Bertz CT molecular complexity index is 546. The highest BCUT2D eigenvalue weighted by Crippen LogP contribution is 2.44. The molecule has 0 aliphatic heterocycles. The van der Waals surface area contributed by atoms with Crippen molar-refractivity contribution >= 4 is 0 Å². The average Bonchev–Trinajstić information content (AvgIpc) is 2.64. The van der Waals surface area contributed by atoms with Gasteiger partial charge in [-0.05, 0) is 27.8 Å². The highest BCUT2D eigenvalue weighted by molar-refractivity contribution is 5.79. The fourth-order valence-electron chi connectivity index (χ4n) is 2.44. The minimum absolute atomic E-state index is 0.0335. The van der Waals surface area contributed by atoms with E-state index < -0.39 is 6.10 Å². The lowest BCUT2D eigenvalue weighted by Gasteiger charge is -2.09. The first-order chi connectivity index (χ1) is 7.83. The minimum atomic E-state index is -0.602. The van der Waals surface area contributed by atoms with Crippen molar-refractivity contribution < 1.29 is 10.2 Å². The van der Waals surface area contributed by atoms with Crippen molar-refractivity contribution in [2.45, 2.75) is 12.7 Å². The van der Waals surface area contributed by atoms with Crippen LogP contribution in [0.4, 0.5) is 0 Å². The normalized spacial score (nSPS) is 17.0. The molecule has 0 radical (unpaired) electrons. The number of hydrogen-bond donors (Lipinski definition) is 2. The van der Waals surface area contributed by atoms with E-state index in [9.17, 15) is 10.2 Å². The van der Waals surface area contributed by atoms with Crippen LogP contribution in [0.15, 0.2) is 42.5 Å². The molecular formula is C14H12O2. The summed E-state index contributed by atoms with van der Waals surface area (Å²) in [6.07, 6.45) is -0.602. The minimum Gasteiger partial charge on any atom is -0.392 e. The van der Waals surface area contributed by atoms with E-state index in [1.807, 2.05) is 42.5 Å². The van der Waals surface area contributed by atoms with Gasteiger partial charge >= 0.3 is 0 Å². The van der Waals surface area contributed by atoms with Crippen LogP contribution in [0.2, 0.25) is 0 Å². The van der Waals surface area contributed by atoms with Gasteiger partial charge in [0.1, 0.15) is 6.10 Å². The Morgan fingerprint density at radius 3 is 2.50 bits per heavy atom. The van der Waals surface area contributed by atoms with Gasteiger partial charge in [-0.1, -0.05) is 42.5 Å². The Morgan fingerprint density at radius 2 is 1.69 bits per heavy atom. The summed E-state index contributed by atoms with van der Waals surface area (Å²) in [5, 5.41) is 19.5. The molecule has 0 fully saturated rings. The molecule has 0 spiro atoms. The number of hydrogen-bond acceptors (Lipinski definition) is 2. The topological polar surface area (TPSA) is 40.5 Å². The zero-order chi connectivity index (χ0) is 11.1. The predicted molar refractivity (Wildman–Crippen MR) is 61.9 cm³/mol. The van der Waals surface area contributed by atoms with Gasteiger partial charge in [-0.25, -0.2) is 0 Å². The first-order valence-corrected chi connectivity index (χ1v) is 5.33. The number of rotatable bonds is 1. The van der Waals surface area contributed by atoms with E-state index in [2.05, 4.69) is 0 Å². The number of aliphatic hydroxyl groups excluding tert-OH is 2. The van der Waals surface area contributed by atoms with Crippen LogP contribution < -0.4 is 0 Å². The van der Waals surface area contributed by atoms with Crippen molar-refractivity contribution in [2.75, 3.05) is 0 Å². The van der Waals surface area contributed by atoms with Crippen LogP contribution in [0.5, 0.6) is 0 Å². The molecule has 2 N–H and O–H groups in total. The fraction of sp³-hybridized carbons (Fsp3) is 0.143. The summed E-state index contributed by atoms with van der Waals surface area (Å²) in [7, 11) is 0. The van der Waals surface area contributed by atoms with Crippen LogP contribution in [0.3, 0.4) is 0 Å². The van der Waals surface area contributed by atoms with Crippen molar-refractivity contribution in [1.29, 1.82) is 0 Å². The average molecular weight is 212 g/mol. The smallest absolute Gasteiger partial charge is 0.106 e. The van der Waals surface area contributed by atoms with E-state index in [1.54, 1.807) is 0 Å². The molecular weight excluding hydrogens is 200 g/mol. The molecule has 0 saturated carbocycles. The van der Waals surface area contributed by atoms with Gasteiger partial charge in [0.05, 0.1) is 6.61 Å².